The quantitative estimate of drug-likeness (QED) is 0.879. The molecule has 2 heterocycles. The van der Waals surface area contributed by atoms with E-state index in [0.29, 0.717) is 12.0 Å². The molecule has 2 aromatic heterocycles. The van der Waals surface area contributed by atoms with Gasteiger partial charge in [-0.2, -0.15) is 4.98 Å². The molecule has 4 nitrogen and oxygen atoms in total. The van der Waals surface area contributed by atoms with Crippen LogP contribution in [0, 0.1) is 5.92 Å². The first-order valence-corrected chi connectivity index (χ1v) is 8.84. The number of hydrogen-bond acceptors (Lipinski definition) is 5. The molecule has 2 aromatic rings. The molecule has 0 bridgehead atoms. The standard InChI is InChI=1S/C16H23N3OS/c1-2-9-17-13-7-4-3-6-12(13)11-15-18-16(19-20-15)14-8-5-10-21-14/h5,8,10,12-13,17H,2-4,6-7,9,11H2,1H3. The van der Waals surface area contributed by atoms with Gasteiger partial charge in [-0.15, -0.1) is 11.3 Å². The number of nitrogens with one attached hydrogen (secondary N) is 1. The fraction of sp³-hybridized carbons (Fsp3) is 0.625. The van der Waals surface area contributed by atoms with Crippen molar-refractivity contribution >= 4 is 11.3 Å². The van der Waals surface area contributed by atoms with Crippen molar-refractivity contribution in [3.63, 3.8) is 0 Å². The number of aromatic nitrogens is 2. The van der Waals surface area contributed by atoms with E-state index in [1.807, 2.05) is 17.5 Å². The SMILES string of the molecule is CCCNC1CCCCC1Cc1nc(-c2cccs2)no1. The van der Waals surface area contributed by atoms with E-state index in [4.69, 9.17) is 4.52 Å². The Morgan fingerprint density at radius 1 is 1.38 bits per heavy atom. The lowest BCUT2D eigenvalue weighted by atomic mass is 9.82. The first kappa shape index (κ1) is 14.7. The molecule has 1 aliphatic rings. The van der Waals surface area contributed by atoms with Gasteiger partial charge in [-0.1, -0.05) is 31.0 Å². The summed E-state index contributed by atoms with van der Waals surface area (Å²) in [6, 6.07) is 4.66. The van der Waals surface area contributed by atoms with Crippen LogP contribution in [0.15, 0.2) is 22.0 Å². The molecule has 0 aromatic carbocycles. The molecule has 2 atom stereocenters. The minimum absolute atomic E-state index is 0.607. The molecule has 2 unspecified atom stereocenters. The van der Waals surface area contributed by atoms with Crippen molar-refractivity contribution in [1.29, 1.82) is 0 Å². The van der Waals surface area contributed by atoms with Gasteiger partial charge >= 0.3 is 0 Å². The van der Waals surface area contributed by atoms with Crippen molar-refractivity contribution in [3.8, 4) is 10.7 Å². The summed E-state index contributed by atoms with van der Waals surface area (Å²) < 4.78 is 5.46. The van der Waals surface area contributed by atoms with Crippen LogP contribution in [0.4, 0.5) is 0 Å². The van der Waals surface area contributed by atoms with Crippen LogP contribution in [-0.4, -0.2) is 22.7 Å². The molecule has 114 valence electrons. The molecule has 5 heteroatoms. The molecular formula is C16H23N3OS. The second kappa shape index (κ2) is 7.18. The molecule has 1 aliphatic carbocycles. The number of nitrogens with zero attached hydrogens (tertiary/aromatic N) is 2. The number of hydrogen-bond donors (Lipinski definition) is 1. The van der Waals surface area contributed by atoms with Gasteiger partial charge < -0.3 is 9.84 Å². The van der Waals surface area contributed by atoms with E-state index in [2.05, 4.69) is 22.4 Å². The summed E-state index contributed by atoms with van der Waals surface area (Å²) in [6.45, 7) is 3.32. The van der Waals surface area contributed by atoms with Crippen LogP contribution in [0.2, 0.25) is 0 Å². The second-order valence-corrected chi connectivity index (χ2v) is 6.75. The average Bonchev–Trinajstić information content (AvgIpc) is 3.17. The largest absolute Gasteiger partial charge is 0.339 e. The zero-order chi connectivity index (χ0) is 14.5. The monoisotopic (exact) mass is 305 g/mol. The molecule has 0 saturated heterocycles. The first-order chi connectivity index (χ1) is 10.4. The summed E-state index contributed by atoms with van der Waals surface area (Å²) in [5.74, 6) is 2.14. The molecule has 1 fully saturated rings. The van der Waals surface area contributed by atoms with Gasteiger partial charge in [0.05, 0.1) is 4.88 Å². The van der Waals surface area contributed by atoms with E-state index in [9.17, 15) is 0 Å². The van der Waals surface area contributed by atoms with Gasteiger partial charge in [0, 0.05) is 12.5 Å². The van der Waals surface area contributed by atoms with Gasteiger partial charge in [-0.3, -0.25) is 0 Å². The summed E-state index contributed by atoms with van der Waals surface area (Å²) in [6.07, 6.45) is 7.28. The Bertz CT molecular complexity index is 537. The molecule has 0 spiro atoms. The summed E-state index contributed by atoms with van der Waals surface area (Å²) in [7, 11) is 0. The van der Waals surface area contributed by atoms with E-state index in [1.165, 1.54) is 32.1 Å². The fourth-order valence-electron chi connectivity index (χ4n) is 3.12. The van der Waals surface area contributed by atoms with Crippen LogP contribution in [0.5, 0.6) is 0 Å². The Balaban J connectivity index is 1.64. The molecule has 21 heavy (non-hydrogen) atoms. The average molecular weight is 305 g/mol. The zero-order valence-electron chi connectivity index (χ0n) is 12.5. The minimum Gasteiger partial charge on any atom is -0.339 e. The van der Waals surface area contributed by atoms with E-state index < -0.39 is 0 Å². The zero-order valence-corrected chi connectivity index (χ0v) is 13.4. The van der Waals surface area contributed by atoms with Gasteiger partial charge in [0.2, 0.25) is 11.7 Å². The third kappa shape index (κ3) is 3.71. The Morgan fingerprint density at radius 2 is 2.29 bits per heavy atom. The highest BCUT2D eigenvalue weighted by Crippen LogP contribution is 2.28. The van der Waals surface area contributed by atoms with Crippen molar-refractivity contribution in [2.45, 2.75) is 51.5 Å². The summed E-state index contributed by atoms with van der Waals surface area (Å²) in [4.78, 5) is 5.64. The van der Waals surface area contributed by atoms with Gasteiger partial charge in [-0.05, 0) is 43.2 Å². The van der Waals surface area contributed by atoms with Gasteiger partial charge in [0.15, 0.2) is 0 Å². The third-order valence-corrected chi connectivity index (χ3v) is 5.08. The molecule has 1 saturated carbocycles. The predicted molar refractivity (Wildman–Crippen MR) is 85.4 cm³/mol. The van der Waals surface area contributed by atoms with Crippen molar-refractivity contribution in [3.05, 3.63) is 23.4 Å². The predicted octanol–water partition coefficient (Wildman–Crippen LogP) is 3.90. The molecule has 1 N–H and O–H groups in total. The summed E-state index contributed by atoms with van der Waals surface area (Å²) in [5.41, 5.74) is 0. The van der Waals surface area contributed by atoms with Crippen LogP contribution in [-0.2, 0) is 6.42 Å². The fourth-order valence-corrected chi connectivity index (χ4v) is 3.77. The van der Waals surface area contributed by atoms with E-state index in [-0.39, 0.29) is 0 Å². The van der Waals surface area contributed by atoms with Crippen molar-refractivity contribution in [2.24, 2.45) is 5.92 Å². The summed E-state index contributed by atoms with van der Waals surface area (Å²) in [5, 5.41) is 9.84. The maximum Gasteiger partial charge on any atom is 0.227 e. The van der Waals surface area contributed by atoms with E-state index in [0.717, 1.165) is 29.6 Å². The lowest BCUT2D eigenvalue weighted by Crippen LogP contribution is -2.39. The highest BCUT2D eigenvalue weighted by Gasteiger charge is 2.26. The van der Waals surface area contributed by atoms with Gasteiger partial charge in [0.25, 0.3) is 0 Å². The van der Waals surface area contributed by atoms with Crippen molar-refractivity contribution < 1.29 is 4.52 Å². The van der Waals surface area contributed by atoms with Crippen LogP contribution in [0.1, 0.15) is 44.9 Å². The third-order valence-electron chi connectivity index (χ3n) is 4.21. The molecule has 3 rings (SSSR count). The highest BCUT2D eigenvalue weighted by atomic mass is 32.1. The van der Waals surface area contributed by atoms with E-state index >= 15 is 0 Å². The number of rotatable bonds is 6. The summed E-state index contributed by atoms with van der Waals surface area (Å²) >= 11 is 1.65. The molecule has 0 aliphatic heterocycles. The second-order valence-electron chi connectivity index (χ2n) is 5.80. The van der Waals surface area contributed by atoms with Crippen LogP contribution in [0.25, 0.3) is 10.7 Å². The maximum absolute atomic E-state index is 5.46. The first-order valence-electron chi connectivity index (χ1n) is 7.96. The lowest BCUT2D eigenvalue weighted by Gasteiger charge is -2.31. The van der Waals surface area contributed by atoms with Crippen LogP contribution >= 0.6 is 11.3 Å². The van der Waals surface area contributed by atoms with Crippen LogP contribution < -0.4 is 5.32 Å². The topological polar surface area (TPSA) is 51.0 Å². The Labute approximate surface area is 130 Å². The maximum atomic E-state index is 5.46. The Hall–Kier alpha value is -1.20. The Morgan fingerprint density at radius 3 is 3.10 bits per heavy atom. The highest BCUT2D eigenvalue weighted by molar-refractivity contribution is 7.13. The van der Waals surface area contributed by atoms with Crippen LogP contribution in [0.3, 0.4) is 0 Å². The van der Waals surface area contributed by atoms with Crippen molar-refractivity contribution in [1.82, 2.24) is 15.5 Å². The number of thiophene rings is 1. The smallest absolute Gasteiger partial charge is 0.227 e. The van der Waals surface area contributed by atoms with Crippen molar-refractivity contribution in [2.75, 3.05) is 6.54 Å². The lowest BCUT2D eigenvalue weighted by molar-refractivity contribution is 0.240. The molecule has 0 radical (unpaired) electrons. The van der Waals surface area contributed by atoms with Gasteiger partial charge in [0.1, 0.15) is 0 Å². The van der Waals surface area contributed by atoms with Gasteiger partial charge in [-0.25, -0.2) is 0 Å². The van der Waals surface area contributed by atoms with E-state index in [1.54, 1.807) is 11.3 Å². The molecule has 0 amide bonds. The normalized spacial score (nSPS) is 22.5. The Kier molecular flexibility index (Phi) is 5.04. The minimum atomic E-state index is 0.607. The molecular weight excluding hydrogens is 282 g/mol.